The van der Waals surface area contributed by atoms with Crippen molar-refractivity contribution in [2.45, 2.75) is 25.8 Å². The minimum Gasteiger partial charge on any atom is -0.481 e. The molecular formula is C14H16N2O2S. The number of nitrogens with zero attached hydrogens (tertiary/aromatic N) is 1. The van der Waals surface area contributed by atoms with Crippen LogP contribution in [-0.2, 0) is 4.79 Å². The lowest BCUT2D eigenvalue weighted by molar-refractivity contribution is -0.137. The van der Waals surface area contributed by atoms with E-state index in [1.165, 1.54) is 11.3 Å². The highest BCUT2D eigenvalue weighted by Crippen LogP contribution is 2.25. The van der Waals surface area contributed by atoms with Crippen molar-refractivity contribution in [3.8, 4) is 11.3 Å². The van der Waals surface area contributed by atoms with E-state index in [1.54, 1.807) is 0 Å². The van der Waals surface area contributed by atoms with E-state index in [-0.39, 0.29) is 12.5 Å². The van der Waals surface area contributed by atoms with E-state index in [1.807, 2.05) is 42.6 Å². The molecule has 0 aliphatic carbocycles. The first-order chi connectivity index (χ1) is 9.19. The van der Waals surface area contributed by atoms with E-state index in [0.29, 0.717) is 0 Å². The van der Waals surface area contributed by atoms with E-state index >= 15 is 0 Å². The summed E-state index contributed by atoms with van der Waals surface area (Å²) in [6.45, 7) is 1.96. The van der Waals surface area contributed by atoms with Crippen LogP contribution in [0.3, 0.4) is 0 Å². The second-order valence-corrected chi connectivity index (χ2v) is 5.11. The highest BCUT2D eigenvalue weighted by Gasteiger charge is 2.13. The second kappa shape index (κ2) is 6.33. The van der Waals surface area contributed by atoms with Gasteiger partial charge in [0.1, 0.15) is 0 Å². The molecule has 0 bridgehead atoms. The van der Waals surface area contributed by atoms with Crippen LogP contribution in [-0.4, -0.2) is 22.1 Å². The molecule has 19 heavy (non-hydrogen) atoms. The Kier molecular flexibility index (Phi) is 4.52. The van der Waals surface area contributed by atoms with Gasteiger partial charge in [-0.1, -0.05) is 37.3 Å². The van der Waals surface area contributed by atoms with Crippen molar-refractivity contribution in [3.63, 3.8) is 0 Å². The van der Waals surface area contributed by atoms with Crippen LogP contribution in [0.1, 0.15) is 19.8 Å². The average Bonchev–Trinajstić information content (AvgIpc) is 2.87. The summed E-state index contributed by atoms with van der Waals surface area (Å²) in [5.41, 5.74) is 1.98. The molecular weight excluding hydrogens is 260 g/mol. The van der Waals surface area contributed by atoms with Gasteiger partial charge in [-0.25, -0.2) is 4.98 Å². The fourth-order valence-corrected chi connectivity index (χ4v) is 2.56. The standard InChI is InChI=1S/C14H16N2O2S/c1-2-11(8-13(17)18)15-14-16-12(9-19-14)10-6-4-3-5-7-10/h3-7,9,11H,2,8H2,1H3,(H,15,16)(H,17,18). The quantitative estimate of drug-likeness (QED) is 0.848. The van der Waals surface area contributed by atoms with Gasteiger partial charge in [0.05, 0.1) is 12.1 Å². The Labute approximate surface area is 116 Å². The molecule has 1 atom stereocenters. The number of carbonyl (C=O) groups is 1. The minimum absolute atomic E-state index is 0.0766. The van der Waals surface area contributed by atoms with Crippen molar-refractivity contribution < 1.29 is 9.90 Å². The normalized spacial score (nSPS) is 12.1. The topological polar surface area (TPSA) is 62.2 Å². The van der Waals surface area contributed by atoms with Gasteiger partial charge in [-0.3, -0.25) is 4.79 Å². The fraction of sp³-hybridized carbons (Fsp3) is 0.286. The number of carboxylic acid groups (broad SMARTS) is 1. The molecule has 2 rings (SSSR count). The number of aliphatic carboxylic acids is 1. The smallest absolute Gasteiger partial charge is 0.305 e. The van der Waals surface area contributed by atoms with Crippen molar-refractivity contribution >= 4 is 22.4 Å². The summed E-state index contributed by atoms with van der Waals surface area (Å²) in [6, 6.07) is 9.85. The number of hydrogen-bond acceptors (Lipinski definition) is 4. The van der Waals surface area contributed by atoms with E-state index in [2.05, 4.69) is 10.3 Å². The molecule has 0 saturated heterocycles. The van der Waals surface area contributed by atoms with Gasteiger partial charge in [0.25, 0.3) is 0 Å². The molecule has 2 aromatic rings. The molecule has 4 nitrogen and oxygen atoms in total. The first-order valence-corrected chi connectivity index (χ1v) is 7.06. The highest BCUT2D eigenvalue weighted by atomic mass is 32.1. The maximum Gasteiger partial charge on any atom is 0.305 e. The van der Waals surface area contributed by atoms with Gasteiger partial charge in [-0.2, -0.15) is 0 Å². The Morgan fingerprint density at radius 3 is 2.79 bits per heavy atom. The number of carboxylic acids is 1. The van der Waals surface area contributed by atoms with Crippen molar-refractivity contribution in [1.29, 1.82) is 0 Å². The Morgan fingerprint density at radius 2 is 2.16 bits per heavy atom. The maximum atomic E-state index is 10.7. The molecule has 0 radical (unpaired) electrons. The fourth-order valence-electron chi connectivity index (χ4n) is 1.76. The summed E-state index contributed by atoms with van der Waals surface area (Å²) in [5, 5.41) is 14.7. The minimum atomic E-state index is -0.792. The molecule has 1 aromatic carbocycles. The Morgan fingerprint density at radius 1 is 1.42 bits per heavy atom. The van der Waals surface area contributed by atoms with Crippen molar-refractivity contribution in [2.24, 2.45) is 0 Å². The summed E-state index contributed by atoms with van der Waals surface area (Å²) < 4.78 is 0. The van der Waals surface area contributed by atoms with Gasteiger partial charge < -0.3 is 10.4 Å². The number of rotatable bonds is 6. The highest BCUT2D eigenvalue weighted by molar-refractivity contribution is 7.14. The molecule has 0 aliphatic rings. The van der Waals surface area contributed by atoms with Crippen LogP contribution in [0.25, 0.3) is 11.3 Å². The number of aromatic nitrogens is 1. The molecule has 100 valence electrons. The largest absolute Gasteiger partial charge is 0.481 e. The SMILES string of the molecule is CCC(CC(=O)O)Nc1nc(-c2ccccc2)cs1. The Balaban J connectivity index is 2.07. The third-order valence-corrected chi connectivity index (χ3v) is 3.59. The van der Waals surface area contributed by atoms with Gasteiger partial charge in [0.2, 0.25) is 0 Å². The zero-order valence-corrected chi connectivity index (χ0v) is 11.5. The van der Waals surface area contributed by atoms with Gasteiger partial charge in [-0.15, -0.1) is 11.3 Å². The van der Waals surface area contributed by atoms with Crippen LogP contribution < -0.4 is 5.32 Å². The number of thiazole rings is 1. The number of hydrogen-bond donors (Lipinski definition) is 2. The molecule has 2 N–H and O–H groups in total. The lowest BCUT2D eigenvalue weighted by Gasteiger charge is -2.13. The van der Waals surface area contributed by atoms with Crippen molar-refractivity contribution in [3.05, 3.63) is 35.7 Å². The van der Waals surface area contributed by atoms with Crippen LogP contribution in [0.4, 0.5) is 5.13 Å². The average molecular weight is 276 g/mol. The maximum absolute atomic E-state index is 10.7. The Bertz CT molecular complexity index is 539. The molecule has 1 unspecified atom stereocenters. The molecule has 0 aliphatic heterocycles. The monoisotopic (exact) mass is 276 g/mol. The van der Waals surface area contributed by atoms with Crippen molar-refractivity contribution in [1.82, 2.24) is 4.98 Å². The van der Waals surface area contributed by atoms with E-state index < -0.39 is 5.97 Å². The van der Waals surface area contributed by atoms with Gasteiger partial charge in [-0.05, 0) is 6.42 Å². The van der Waals surface area contributed by atoms with Crippen LogP contribution in [0.15, 0.2) is 35.7 Å². The number of nitrogens with one attached hydrogen (secondary N) is 1. The first-order valence-electron chi connectivity index (χ1n) is 6.18. The molecule has 0 spiro atoms. The van der Waals surface area contributed by atoms with Crippen molar-refractivity contribution in [2.75, 3.05) is 5.32 Å². The van der Waals surface area contributed by atoms with Crippen LogP contribution in [0, 0.1) is 0 Å². The molecule has 1 heterocycles. The number of benzene rings is 1. The van der Waals surface area contributed by atoms with Gasteiger partial charge >= 0.3 is 5.97 Å². The van der Waals surface area contributed by atoms with E-state index in [4.69, 9.17) is 5.11 Å². The summed E-state index contributed by atoms with van der Waals surface area (Å²) >= 11 is 1.50. The summed E-state index contributed by atoms with van der Waals surface area (Å²) in [7, 11) is 0. The van der Waals surface area contributed by atoms with E-state index in [9.17, 15) is 4.79 Å². The second-order valence-electron chi connectivity index (χ2n) is 4.25. The first kappa shape index (κ1) is 13.5. The zero-order valence-electron chi connectivity index (χ0n) is 10.7. The van der Waals surface area contributed by atoms with Gasteiger partial charge in [0, 0.05) is 17.0 Å². The van der Waals surface area contributed by atoms with Crippen LogP contribution >= 0.6 is 11.3 Å². The molecule has 1 aromatic heterocycles. The third-order valence-electron chi connectivity index (χ3n) is 2.82. The van der Waals surface area contributed by atoms with Crippen LogP contribution in [0.5, 0.6) is 0 Å². The molecule has 0 amide bonds. The Hall–Kier alpha value is -1.88. The summed E-state index contributed by atoms with van der Waals surface area (Å²) in [4.78, 5) is 15.2. The summed E-state index contributed by atoms with van der Waals surface area (Å²) in [6.07, 6.45) is 0.864. The summed E-state index contributed by atoms with van der Waals surface area (Å²) in [5.74, 6) is -0.792. The lowest BCUT2D eigenvalue weighted by atomic mass is 10.1. The molecule has 0 fully saturated rings. The predicted molar refractivity (Wildman–Crippen MR) is 77.5 cm³/mol. The van der Waals surface area contributed by atoms with Crippen LogP contribution in [0.2, 0.25) is 0 Å². The van der Waals surface area contributed by atoms with E-state index in [0.717, 1.165) is 22.8 Å². The number of anilines is 1. The predicted octanol–water partition coefficient (Wildman–Crippen LogP) is 3.48. The van der Waals surface area contributed by atoms with Gasteiger partial charge in [0.15, 0.2) is 5.13 Å². The molecule has 0 saturated carbocycles. The molecule has 5 heteroatoms. The third kappa shape index (κ3) is 3.79. The zero-order chi connectivity index (χ0) is 13.7. The lowest BCUT2D eigenvalue weighted by Crippen LogP contribution is -2.22.